The highest BCUT2D eigenvalue weighted by Gasteiger charge is 2.31. The molecule has 1 atom stereocenters. The van der Waals surface area contributed by atoms with Gasteiger partial charge in [0.1, 0.15) is 11.5 Å². The standard InChI is InChI=1S/C29H34N2O5/c1-3-35-29(33)24-10-7-17-31(20-24)28(32)27-16-15-26(36-27)21-30(18-22-8-5-4-6-9-22)19-23-11-13-25(34-2)14-12-23/h4-6,8-9,11-16,24H,3,7,10,17-21H2,1-2H3. The lowest BCUT2D eigenvalue weighted by Crippen LogP contribution is -2.42. The highest BCUT2D eigenvalue weighted by molar-refractivity contribution is 5.92. The second-order valence-electron chi connectivity index (χ2n) is 9.09. The van der Waals surface area contributed by atoms with Gasteiger partial charge in [-0.3, -0.25) is 14.5 Å². The first kappa shape index (κ1) is 25.5. The van der Waals surface area contributed by atoms with Crippen molar-refractivity contribution < 1.29 is 23.5 Å². The van der Waals surface area contributed by atoms with Gasteiger partial charge in [-0.1, -0.05) is 42.5 Å². The molecule has 1 amide bonds. The Balaban J connectivity index is 1.44. The SMILES string of the molecule is CCOC(=O)C1CCCN(C(=O)c2ccc(CN(Cc3ccccc3)Cc3ccc(OC)cc3)o2)C1. The fraction of sp³-hybridized carbons (Fsp3) is 0.379. The number of nitrogens with zero attached hydrogens (tertiary/aromatic N) is 2. The normalized spacial score (nSPS) is 15.6. The van der Waals surface area contributed by atoms with Crippen LogP contribution in [0, 0.1) is 5.92 Å². The summed E-state index contributed by atoms with van der Waals surface area (Å²) in [6.45, 7) is 5.14. The van der Waals surface area contributed by atoms with Gasteiger partial charge in [0.05, 0.1) is 26.2 Å². The quantitative estimate of drug-likeness (QED) is 0.376. The number of amides is 1. The summed E-state index contributed by atoms with van der Waals surface area (Å²) in [5.41, 5.74) is 2.36. The highest BCUT2D eigenvalue weighted by Crippen LogP contribution is 2.22. The lowest BCUT2D eigenvalue weighted by Gasteiger charge is -2.30. The van der Waals surface area contributed by atoms with Crippen LogP contribution in [-0.4, -0.2) is 48.5 Å². The second-order valence-corrected chi connectivity index (χ2v) is 9.09. The number of hydrogen-bond donors (Lipinski definition) is 0. The van der Waals surface area contributed by atoms with E-state index >= 15 is 0 Å². The summed E-state index contributed by atoms with van der Waals surface area (Å²) in [5.74, 6) is 1.17. The Morgan fingerprint density at radius 2 is 1.69 bits per heavy atom. The van der Waals surface area contributed by atoms with E-state index in [1.807, 2.05) is 36.4 Å². The van der Waals surface area contributed by atoms with Gasteiger partial charge in [0.15, 0.2) is 5.76 Å². The molecule has 1 saturated heterocycles. The van der Waals surface area contributed by atoms with Crippen LogP contribution in [0.2, 0.25) is 0 Å². The van der Waals surface area contributed by atoms with Crippen LogP contribution in [0.25, 0.3) is 0 Å². The second kappa shape index (κ2) is 12.4. The van der Waals surface area contributed by atoms with E-state index in [-0.39, 0.29) is 17.8 Å². The van der Waals surface area contributed by atoms with E-state index in [0.717, 1.165) is 43.0 Å². The summed E-state index contributed by atoms with van der Waals surface area (Å²) in [6, 6.07) is 21.9. The average Bonchev–Trinajstić information content (AvgIpc) is 3.38. The van der Waals surface area contributed by atoms with E-state index in [2.05, 4.69) is 29.2 Å². The molecule has 1 unspecified atom stereocenters. The maximum absolute atomic E-state index is 13.1. The Bertz CT molecular complexity index is 1130. The number of hydrogen-bond acceptors (Lipinski definition) is 6. The van der Waals surface area contributed by atoms with E-state index in [1.54, 1.807) is 25.0 Å². The van der Waals surface area contributed by atoms with Gasteiger partial charge in [0.25, 0.3) is 5.91 Å². The monoisotopic (exact) mass is 490 g/mol. The predicted molar refractivity (Wildman–Crippen MR) is 136 cm³/mol. The molecular weight excluding hydrogens is 456 g/mol. The van der Waals surface area contributed by atoms with Crippen LogP contribution in [0.1, 0.15) is 47.2 Å². The van der Waals surface area contributed by atoms with E-state index in [0.29, 0.717) is 32.0 Å². The third-order valence-electron chi connectivity index (χ3n) is 6.39. The van der Waals surface area contributed by atoms with Gasteiger partial charge in [-0.15, -0.1) is 0 Å². The first-order chi connectivity index (χ1) is 17.6. The summed E-state index contributed by atoms with van der Waals surface area (Å²) in [7, 11) is 1.66. The molecular formula is C29H34N2O5. The van der Waals surface area contributed by atoms with Crippen molar-refractivity contribution >= 4 is 11.9 Å². The fourth-order valence-corrected chi connectivity index (χ4v) is 4.57. The molecule has 2 aromatic carbocycles. The van der Waals surface area contributed by atoms with Crippen molar-refractivity contribution in [2.24, 2.45) is 5.92 Å². The molecule has 0 bridgehead atoms. The zero-order valence-corrected chi connectivity index (χ0v) is 21.0. The van der Waals surface area contributed by atoms with Crippen LogP contribution >= 0.6 is 0 Å². The Kier molecular flexibility index (Phi) is 8.79. The number of likely N-dealkylation sites (tertiary alicyclic amines) is 1. The number of ether oxygens (including phenoxy) is 2. The summed E-state index contributed by atoms with van der Waals surface area (Å²) in [5, 5.41) is 0. The van der Waals surface area contributed by atoms with Crippen molar-refractivity contribution in [3.63, 3.8) is 0 Å². The fourth-order valence-electron chi connectivity index (χ4n) is 4.57. The van der Waals surface area contributed by atoms with Crippen molar-refractivity contribution in [3.05, 3.63) is 89.4 Å². The molecule has 3 aromatic rings. The molecule has 1 aliphatic heterocycles. The predicted octanol–water partition coefficient (Wildman–Crippen LogP) is 4.91. The van der Waals surface area contributed by atoms with Gasteiger partial charge in [0, 0.05) is 26.2 Å². The average molecular weight is 491 g/mol. The number of carbonyl (C=O) groups is 2. The minimum Gasteiger partial charge on any atom is -0.497 e. The summed E-state index contributed by atoms with van der Waals surface area (Å²) >= 11 is 0. The number of benzene rings is 2. The maximum atomic E-state index is 13.1. The third-order valence-corrected chi connectivity index (χ3v) is 6.39. The first-order valence-corrected chi connectivity index (χ1v) is 12.5. The topological polar surface area (TPSA) is 72.2 Å². The van der Waals surface area contributed by atoms with Crippen LogP contribution in [0.3, 0.4) is 0 Å². The Morgan fingerprint density at radius 3 is 2.39 bits per heavy atom. The molecule has 1 fully saturated rings. The van der Waals surface area contributed by atoms with Gasteiger partial charge in [0.2, 0.25) is 0 Å². The van der Waals surface area contributed by atoms with Crippen LogP contribution in [0.15, 0.2) is 71.1 Å². The molecule has 4 rings (SSSR count). The van der Waals surface area contributed by atoms with Crippen molar-refractivity contribution in [2.75, 3.05) is 26.8 Å². The van der Waals surface area contributed by atoms with Crippen LogP contribution < -0.4 is 4.74 Å². The van der Waals surface area contributed by atoms with Crippen LogP contribution in [-0.2, 0) is 29.2 Å². The third kappa shape index (κ3) is 6.76. The number of furan rings is 1. The molecule has 2 heterocycles. The van der Waals surface area contributed by atoms with Gasteiger partial charge < -0.3 is 18.8 Å². The first-order valence-electron chi connectivity index (χ1n) is 12.5. The number of esters is 1. The lowest BCUT2D eigenvalue weighted by atomic mass is 9.98. The smallest absolute Gasteiger partial charge is 0.310 e. The molecule has 7 heteroatoms. The Hall–Kier alpha value is -3.58. The zero-order valence-electron chi connectivity index (χ0n) is 21.0. The summed E-state index contributed by atoms with van der Waals surface area (Å²) < 4.78 is 16.5. The van der Waals surface area contributed by atoms with Gasteiger partial charge in [-0.25, -0.2) is 0 Å². The number of methoxy groups -OCH3 is 1. The highest BCUT2D eigenvalue weighted by atomic mass is 16.5. The largest absolute Gasteiger partial charge is 0.497 e. The lowest BCUT2D eigenvalue weighted by molar-refractivity contribution is -0.149. The minimum atomic E-state index is -0.275. The molecule has 0 aliphatic carbocycles. The molecule has 0 saturated carbocycles. The zero-order chi connectivity index (χ0) is 25.3. The molecule has 1 aromatic heterocycles. The number of carbonyl (C=O) groups excluding carboxylic acids is 2. The molecule has 7 nitrogen and oxygen atoms in total. The Morgan fingerprint density at radius 1 is 0.972 bits per heavy atom. The van der Waals surface area contributed by atoms with Crippen molar-refractivity contribution in [3.8, 4) is 5.75 Å². The molecule has 0 N–H and O–H groups in total. The molecule has 0 spiro atoms. The number of piperidine rings is 1. The Labute approximate surface area is 212 Å². The van der Waals surface area contributed by atoms with Gasteiger partial charge in [-0.05, 0) is 55.2 Å². The maximum Gasteiger partial charge on any atom is 0.310 e. The molecule has 190 valence electrons. The van der Waals surface area contributed by atoms with E-state index in [9.17, 15) is 9.59 Å². The number of rotatable bonds is 10. The summed E-state index contributed by atoms with van der Waals surface area (Å²) in [4.78, 5) is 29.3. The minimum absolute atomic E-state index is 0.181. The molecule has 36 heavy (non-hydrogen) atoms. The van der Waals surface area contributed by atoms with Crippen LogP contribution in [0.4, 0.5) is 0 Å². The van der Waals surface area contributed by atoms with Crippen molar-refractivity contribution in [1.29, 1.82) is 0 Å². The van der Waals surface area contributed by atoms with Crippen molar-refractivity contribution in [1.82, 2.24) is 9.80 Å². The van der Waals surface area contributed by atoms with E-state index in [1.165, 1.54) is 5.56 Å². The summed E-state index contributed by atoms with van der Waals surface area (Å²) in [6.07, 6.45) is 1.52. The van der Waals surface area contributed by atoms with Gasteiger partial charge >= 0.3 is 5.97 Å². The molecule has 1 aliphatic rings. The van der Waals surface area contributed by atoms with E-state index in [4.69, 9.17) is 13.9 Å². The van der Waals surface area contributed by atoms with Crippen molar-refractivity contribution in [2.45, 2.75) is 39.4 Å². The van der Waals surface area contributed by atoms with Gasteiger partial charge in [-0.2, -0.15) is 0 Å². The van der Waals surface area contributed by atoms with Crippen LogP contribution in [0.5, 0.6) is 5.75 Å². The van der Waals surface area contributed by atoms with E-state index < -0.39 is 0 Å². The molecule has 0 radical (unpaired) electrons.